The van der Waals surface area contributed by atoms with Crippen molar-refractivity contribution < 1.29 is 9.53 Å². The normalized spacial score (nSPS) is 10.7. The Bertz CT molecular complexity index is 204. The molecule has 76 valence electrons. The fraction of sp³-hybridized carbons (Fsp3) is 0.750. The van der Waals surface area contributed by atoms with Crippen molar-refractivity contribution in [2.24, 2.45) is 11.1 Å². The molecule has 0 aliphatic rings. The highest BCUT2D eigenvalue weighted by atomic mass is 32.1. The number of hydrogen-bond acceptors (Lipinski definition) is 3. The molecular weight excluding hydrogens is 188 g/mol. The minimum Gasteiger partial charge on any atom is -0.450 e. The van der Waals surface area contributed by atoms with Crippen LogP contribution in [-0.2, 0) is 4.74 Å². The Morgan fingerprint density at radius 1 is 1.62 bits per heavy atom. The minimum atomic E-state index is -0.438. The zero-order valence-electron chi connectivity index (χ0n) is 8.22. The SMILES string of the molecule is CCOC(=O)NCC(C)(C)C(N)=S. The lowest BCUT2D eigenvalue weighted by Crippen LogP contribution is -2.41. The van der Waals surface area contributed by atoms with E-state index in [-0.39, 0.29) is 5.41 Å². The lowest BCUT2D eigenvalue weighted by atomic mass is 9.94. The van der Waals surface area contributed by atoms with Gasteiger partial charge in [-0.3, -0.25) is 0 Å². The molecule has 0 fully saturated rings. The third-order valence-electron chi connectivity index (χ3n) is 1.62. The molecule has 0 aliphatic heterocycles. The second-order valence-electron chi connectivity index (χ2n) is 3.32. The van der Waals surface area contributed by atoms with Crippen LogP contribution >= 0.6 is 12.2 Å². The van der Waals surface area contributed by atoms with E-state index in [2.05, 4.69) is 10.1 Å². The highest BCUT2D eigenvalue weighted by Gasteiger charge is 2.22. The summed E-state index contributed by atoms with van der Waals surface area (Å²) < 4.78 is 4.68. The Labute approximate surface area is 83.8 Å². The topological polar surface area (TPSA) is 64.3 Å². The summed E-state index contributed by atoms with van der Waals surface area (Å²) in [5.41, 5.74) is 5.10. The van der Waals surface area contributed by atoms with Gasteiger partial charge >= 0.3 is 6.09 Å². The Morgan fingerprint density at radius 3 is 2.54 bits per heavy atom. The molecule has 0 heterocycles. The highest BCUT2D eigenvalue weighted by Crippen LogP contribution is 2.13. The van der Waals surface area contributed by atoms with Crippen LogP contribution in [-0.4, -0.2) is 24.2 Å². The molecule has 0 saturated heterocycles. The molecule has 0 aromatic rings. The number of nitrogens with two attached hydrogens (primary N) is 1. The molecule has 3 N–H and O–H groups in total. The molecule has 0 spiro atoms. The molecule has 5 heteroatoms. The van der Waals surface area contributed by atoms with Gasteiger partial charge in [0.15, 0.2) is 0 Å². The summed E-state index contributed by atoms with van der Waals surface area (Å²) in [5, 5.41) is 2.58. The number of alkyl carbamates (subject to hydrolysis) is 1. The molecule has 0 aromatic carbocycles. The molecular formula is C8H16N2O2S. The van der Waals surface area contributed by atoms with E-state index in [0.717, 1.165) is 0 Å². The van der Waals surface area contributed by atoms with E-state index in [9.17, 15) is 4.79 Å². The van der Waals surface area contributed by atoms with Gasteiger partial charge in [-0.1, -0.05) is 26.1 Å². The van der Waals surface area contributed by atoms with E-state index in [1.807, 2.05) is 13.8 Å². The maximum atomic E-state index is 10.9. The van der Waals surface area contributed by atoms with E-state index < -0.39 is 6.09 Å². The summed E-state index contributed by atoms with van der Waals surface area (Å²) in [5.74, 6) is 0. The van der Waals surface area contributed by atoms with Crippen molar-refractivity contribution in [3.05, 3.63) is 0 Å². The van der Waals surface area contributed by atoms with Gasteiger partial charge in [0, 0.05) is 12.0 Å². The largest absolute Gasteiger partial charge is 0.450 e. The zero-order chi connectivity index (χ0) is 10.5. The molecule has 0 saturated carbocycles. The number of rotatable bonds is 4. The van der Waals surface area contributed by atoms with Gasteiger partial charge in [0.1, 0.15) is 0 Å². The second-order valence-corrected chi connectivity index (χ2v) is 3.76. The molecule has 4 nitrogen and oxygen atoms in total. The van der Waals surface area contributed by atoms with Crippen LogP contribution in [0.15, 0.2) is 0 Å². The molecule has 0 aliphatic carbocycles. The van der Waals surface area contributed by atoms with Crippen molar-refractivity contribution in [1.82, 2.24) is 5.32 Å². The molecule has 0 rings (SSSR count). The molecule has 13 heavy (non-hydrogen) atoms. The maximum absolute atomic E-state index is 10.9. The molecule has 0 atom stereocenters. The fourth-order valence-electron chi connectivity index (χ4n) is 0.562. The quantitative estimate of drug-likeness (QED) is 0.672. The Kier molecular flexibility index (Phi) is 4.69. The van der Waals surface area contributed by atoms with Gasteiger partial charge in [0.2, 0.25) is 0 Å². The molecule has 0 unspecified atom stereocenters. The van der Waals surface area contributed by atoms with E-state index in [0.29, 0.717) is 18.1 Å². The minimum absolute atomic E-state index is 0.360. The number of amides is 1. The first kappa shape index (κ1) is 12.2. The summed E-state index contributed by atoms with van der Waals surface area (Å²) in [6, 6.07) is 0. The van der Waals surface area contributed by atoms with Crippen LogP contribution in [0.5, 0.6) is 0 Å². The van der Waals surface area contributed by atoms with Crippen molar-refractivity contribution in [1.29, 1.82) is 0 Å². The highest BCUT2D eigenvalue weighted by molar-refractivity contribution is 7.80. The van der Waals surface area contributed by atoms with Crippen molar-refractivity contribution in [3.63, 3.8) is 0 Å². The smallest absolute Gasteiger partial charge is 0.407 e. The van der Waals surface area contributed by atoms with Crippen LogP contribution in [0.25, 0.3) is 0 Å². The van der Waals surface area contributed by atoms with Gasteiger partial charge in [-0.05, 0) is 6.92 Å². The number of ether oxygens (including phenoxy) is 1. The van der Waals surface area contributed by atoms with Crippen LogP contribution in [0.1, 0.15) is 20.8 Å². The van der Waals surface area contributed by atoms with Gasteiger partial charge in [-0.25, -0.2) is 4.79 Å². The number of hydrogen-bond donors (Lipinski definition) is 2. The maximum Gasteiger partial charge on any atom is 0.407 e. The molecule has 0 aromatic heterocycles. The third-order valence-corrected chi connectivity index (χ3v) is 2.17. The summed E-state index contributed by atoms with van der Waals surface area (Å²) in [7, 11) is 0. The van der Waals surface area contributed by atoms with Gasteiger partial charge in [-0.2, -0.15) is 0 Å². The van der Waals surface area contributed by atoms with Gasteiger partial charge < -0.3 is 15.8 Å². The predicted octanol–water partition coefficient (Wildman–Crippen LogP) is 1.04. The van der Waals surface area contributed by atoms with Crippen LogP contribution in [0, 0.1) is 5.41 Å². The first-order valence-electron chi connectivity index (χ1n) is 4.10. The Balaban J connectivity index is 3.88. The number of carbonyl (C=O) groups is 1. The first-order valence-corrected chi connectivity index (χ1v) is 4.51. The van der Waals surface area contributed by atoms with Gasteiger partial charge in [-0.15, -0.1) is 0 Å². The molecule has 1 amide bonds. The first-order chi connectivity index (χ1) is 5.90. The Morgan fingerprint density at radius 2 is 2.15 bits per heavy atom. The zero-order valence-corrected chi connectivity index (χ0v) is 9.03. The van der Waals surface area contributed by atoms with Gasteiger partial charge in [0.25, 0.3) is 0 Å². The summed E-state index contributed by atoms with van der Waals surface area (Å²) in [6.45, 7) is 6.22. The molecule has 0 radical (unpaired) electrons. The second kappa shape index (κ2) is 5.01. The van der Waals surface area contributed by atoms with E-state index >= 15 is 0 Å². The average molecular weight is 204 g/mol. The van der Waals surface area contributed by atoms with Crippen molar-refractivity contribution in [2.75, 3.05) is 13.2 Å². The summed E-state index contributed by atoms with van der Waals surface area (Å²) in [6.07, 6.45) is -0.438. The van der Waals surface area contributed by atoms with Crippen LogP contribution < -0.4 is 11.1 Å². The van der Waals surface area contributed by atoms with Crippen LogP contribution in [0.3, 0.4) is 0 Å². The van der Waals surface area contributed by atoms with Gasteiger partial charge in [0.05, 0.1) is 11.6 Å². The third kappa shape index (κ3) is 4.67. The van der Waals surface area contributed by atoms with Crippen molar-refractivity contribution >= 4 is 23.3 Å². The monoisotopic (exact) mass is 204 g/mol. The van der Waals surface area contributed by atoms with E-state index in [4.69, 9.17) is 18.0 Å². The lowest BCUT2D eigenvalue weighted by molar-refractivity contribution is 0.150. The standard InChI is InChI=1S/C8H16N2O2S/c1-4-12-7(11)10-5-8(2,3)6(9)13/h4-5H2,1-3H3,(H2,9,13)(H,10,11). The lowest BCUT2D eigenvalue weighted by Gasteiger charge is -2.22. The van der Waals surface area contributed by atoms with Crippen molar-refractivity contribution in [3.8, 4) is 0 Å². The predicted molar refractivity (Wildman–Crippen MR) is 55.6 cm³/mol. The van der Waals surface area contributed by atoms with E-state index in [1.54, 1.807) is 6.92 Å². The summed E-state index contributed by atoms with van der Waals surface area (Å²) >= 11 is 4.83. The van der Waals surface area contributed by atoms with Crippen molar-refractivity contribution in [2.45, 2.75) is 20.8 Å². The molecule has 0 bridgehead atoms. The number of nitrogens with one attached hydrogen (secondary N) is 1. The summed E-state index contributed by atoms with van der Waals surface area (Å²) in [4.78, 5) is 11.3. The van der Waals surface area contributed by atoms with Crippen LogP contribution in [0.4, 0.5) is 4.79 Å². The Hall–Kier alpha value is -0.840. The number of carbonyl (C=O) groups excluding carboxylic acids is 1. The average Bonchev–Trinajstić information content (AvgIpc) is 2.01. The number of thiocarbonyl (C=S) groups is 1. The fourth-order valence-corrected chi connectivity index (χ4v) is 0.635. The van der Waals surface area contributed by atoms with Crippen LogP contribution in [0.2, 0.25) is 0 Å². The van der Waals surface area contributed by atoms with E-state index in [1.165, 1.54) is 0 Å².